The number of rotatable bonds is 8. The van der Waals surface area contributed by atoms with E-state index in [1.165, 1.54) is 5.56 Å². The van der Waals surface area contributed by atoms with Crippen LogP contribution >= 0.6 is 0 Å². The van der Waals surface area contributed by atoms with Gasteiger partial charge in [-0.25, -0.2) is 0 Å². The van der Waals surface area contributed by atoms with Crippen LogP contribution in [0.2, 0.25) is 0 Å². The molecular formula is C23H25N5. The molecule has 28 heavy (non-hydrogen) atoms. The highest BCUT2D eigenvalue weighted by Gasteiger charge is 1.95. The van der Waals surface area contributed by atoms with Gasteiger partial charge in [0.1, 0.15) is 0 Å². The lowest BCUT2D eigenvalue weighted by Gasteiger charge is -2.07. The molecule has 0 aliphatic carbocycles. The Morgan fingerprint density at radius 2 is 1.18 bits per heavy atom. The second-order valence-electron chi connectivity index (χ2n) is 6.47. The molecule has 3 rings (SSSR count). The van der Waals surface area contributed by atoms with Crippen LogP contribution < -0.4 is 16.8 Å². The molecule has 0 atom stereocenters. The van der Waals surface area contributed by atoms with Crippen molar-refractivity contribution >= 4 is 40.9 Å². The number of hydrogen-bond acceptors (Lipinski definition) is 5. The molecule has 0 spiro atoms. The fourth-order valence-electron chi connectivity index (χ4n) is 2.67. The fraction of sp³-hybridized carbons (Fsp3) is 0.130. The minimum atomic E-state index is 0.728. The lowest BCUT2D eigenvalue weighted by Crippen LogP contribution is -2.02. The second kappa shape index (κ2) is 9.92. The molecule has 0 heterocycles. The quantitative estimate of drug-likeness (QED) is 0.296. The SMILES string of the molecule is Nc1ccc(CCCNc2ccc(N=CC=Nc3ccc(N)cc3)cc2)cc1. The first kappa shape index (κ1) is 19.2. The molecular weight excluding hydrogens is 346 g/mol. The van der Waals surface area contributed by atoms with Crippen molar-refractivity contribution in [1.29, 1.82) is 0 Å². The van der Waals surface area contributed by atoms with Gasteiger partial charge < -0.3 is 16.8 Å². The van der Waals surface area contributed by atoms with Crippen molar-refractivity contribution in [3.63, 3.8) is 0 Å². The van der Waals surface area contributed by atoms with Crippen molar-refractivity contribution in [3.05, 3.63) is 78.4 Å². The number of nitrogen functional groups attached to an aromatic ring is 2. The highest BCUT2D eigenvalue weighted by molar-refractivity contribution is 6.17. The first-order valence-electron chi connectivity index (χ1n) is 9.30. The fourth-order valence-corrected chi connectivity index (χ4v) is 2.67. The number of benzene rings is 3. The van der Waals surface area contributed by atoms with Gasteiger partial charge in [-0.1, -0.05) is 12.1 Å². The van der Waals surface area contributed by atoms with Crippen LogP contribution in [0.3, 0.4) is 0 Å². The van der Waals surface area contributed by atoms with Crippen LogP contribution in [0.4, 0.5) is 28.4 Å². The van der Waals surface area contributed by atoms with E-state index in [1.807, 2.05) is 60.7 Å². The van der Waals surface area contributed by atoms with Crippen molar-refractivity contribution < 1.29 is 0 Å². The van der Waals surface area contributed by atoms with Gasteiger partial charge in [-0.15, -0.1) is 0 Å². The lowest BCUT2D eigenvalue weighted by atomic mass is 10.1. The van der Waals surface area contributed by atoms with E-state index < -0.39 is 0 Å². The Morgan fingerprint density at radius 3 is 1.75 bits per heavy atom. The summed E-state index contributed by atoms with van der Waals surface area (Å²) in [6.07, 6.45) is 5.45. The summed E-state index contributed by atoms with van der Waals surface area (Å²) in [6, 6.07) is 23.5. The summed E-state index contributed by atoms with van der Waals surface area (Å²) in [6.45, 7) is 0.918. The predicted octanol–water partition coefficient (Wildman–Crippen LogP) is 5.00. The summed E-state index contributed by atoms with van der Waals surface area (Å²) in [5.74, 6) is 0. The summed E-state index contributed by atoms with van der Waals surface area (Å²) in [5, 5.41) is 3.43. The third-order valence-corrected chi connectivity index (χ3v) is 4.23. The Morgan fingerprint density at radius 1 is 0.679 bits per heavy atom. The van der Waals surface area contributed by atoms with Gasteiger partial charge in [0.05, 0.1) is 11.4 Å². The van der Waals surface area contributed by atoms with E-state index in [4.69, 9.17) is 11.5 Å². The van der Waals surface area contributed by atoms with E-state index in [0.717, 1.165) is 47.8 Å². The topological polar surface area (TPSA) is 88.8 Å². The maximum atomic E-state index is 5.71. The first-order chi connectivity index (χ1) is 13.7. The van der Waals surface area contributed by atoms with Gasteiger partial charge in [-0.05, 0) is 79.1 Å². The molecule has 0 fully saturated rings. The molecule has 0 bridgehead atoms. The van der Waals surface area contributed by atoms with Crippen LogP contribution in [0, 0.1) is 0 Å². The zero-order chi connectivity index (χ0) is 19.6. The van der Waals surface area contributed by atoms with Gasteiger partial charge >= 0.3 is 0 Å². The van der Waals surface area contributed by atoms with E-state index in [-0.39, 0.29) is 0 Å². The van der Waals surface area contributed by atoms with Gasteiger partial charge in [0.25, 0.3) is 0 Å². The highest BCUT2D eigenvalue weighted by atomic mass is 14.9. The van der Waals surface area contributed by atoms with Crippen LogP contribution in [-0.4, -0.2) is 19.0 Å². The number of aliphatic imine (C=N–C) groups is 2. The normalized spacial score (nSPS) is 11.3. The monoisotopic (exact) mass is 371 g/mol. The summed E-state index contributed by atoms with van der Waals surface area (Å²) in [4.78, 5) is 8.70. The zero-order valence-electron chi connectivity index (χ0n) is 15.8. The molecule has 0 aliphatic heterocycles. The van der Waals surface area contributed by atoms with Crippen molar-refractivity contribution in [2.75, 3.05) is 23.3 Å². The predicted molar refractivity (Wildman–Crippen MR) is 121 cm³/mol. The van der Waals surface area contributed by atoms with Gasteiger partial charge in [0, 0.05) is 36.0 Å². The van der Waals surface area contributed by atoms with E-state index in [1.54, 1.807) is 12.4 Å². The third kappa shape index (κ3) is 6.29. The molecule has 5 heteroatoms. The lowest BCUT2D eigenvalue weighted by molar-refractivity contribution is 0.863. The summed E-state index contributed by atoms with van der Waals surface area (Å²) in [5.41, 5.74) is 17.0. The number of nitrogens with two attached hydrogens (primary N) is 2. The number of anilines is 3. The van der Waals surface area contributed by atoms with Crippen molar-refractivity contribution in [3.8, 4) is 0 Å². The van der Waals surface area contributed by atoms with Gasteiger partial charge in [0.2, 0.25) is 0 Å². The number of hydrogen-bond donors (Lipinski definition) is 3. The maximum absolute atomic E-state index is 5.71. The molecule has 3 aromatic carbocycles. The van der Waals surface area contributed by atoms with Crippen molar-refractivity contribution in [1.82, 2.24) is 0 Å². The molecule has 0 unspecified atom stereocenters. The molecule has 142 valence electrons. The van der Waals surface area contributed by atoms with Crippen molar-refractivity contribution in [2.24, 2.45) is 9.98 Å². The molecule has 5 nitrogen and oxygen atoms in total. The largest absolute Gasteiger partial charge is 0.399 e. The first-order valence-corrected chi connectivity index (χ1v) is 9.30. The minimum Gasteiger partial charge on any atom is -0.399 e. The molecule has 0 radical (unpaired) electrons. The van der Waals surface area contributed by atoms with Crippen LogP contribution in [0.15, 0.2) is 82.8 Å². The van der Waals surface area contributed by atoms with Crippen LogP contribution in [0.1, 0.15) is 12.0 Å². The van der Waals surface area contributed by atoms with Crippen LogP contribution in [-0.2, 0) is 6.42 Å². The zero-order valence-corrected chi connectivity index (χ0v) is 15.8. The average molecular weight is 371 g/mol. The van der Waals surface area contributed by atoms with Crippen LogP contribution in [0.5, 0.6) is 0 Å². The number of aryl methyl sites for hydroxylation is 1. The number of nitrogens with one attached hydrogen (secondary N) is 1. The summed E-state index contributed by atoms with van der Waals surface area (Å²) >= 11 is 0. The maximum Gasteiger partial charge on any atom is 0.0631 e. The Labute approximate surface area is 165 Å². The van der Waals surface area contributed by atoms with Crippen LogP contribution in [0.25, 0.3) is 0 Å². The third-order valence-electron chi connectivity index (χ3n) is 4.23. The molecule has 5 N–H and O–H groups in total. The van der Waals surface area contributed by atoms with E-state index in [2.05, 4.69) is 27.4 Å². The van der Waals surface area contributed by atoms with E-state index in [9.17, 15) is 0 Å². The smallest absolute Gasteiger partial charge is 0.0631 e. The van der Waals surface area contributed by atoms with Gasteiger partial charge in [-0.2, -0.15) is 0 Å². The average Bonchev–Trinajstić information content (AvgIpc) is 2.72. The molecule has 0 aromatic heterocycles. The standard InChI is InChI=1S/C23H25N5/c24-19-5-3-18(4-6-19)2-1-15-26-22-11-13-23(14-12-22)28-17-16-27-21-9-7-20(25)8-10-21/h3-14,16-17,26H,1-2,15,24-25H2. The van der Waals surface area contributed by atoms with Gasteiger partial charge in [-0.3, -0.25) is 9.98 Å². The molecule has 0 aliphatic rings. The summed E-state index contributed by atoms with van der Waals surface area (Å²) in [7, 11) is 0. The number of nitrogens with zero attached hydrogens (tertiary/aromatic N) is 2. The second-order valence-corrected chi connectivity index (χ2v) is 6.47. The minimum absolute atomic E-state index is 0.728. The highest BCUT2D eigenvalue weighted by Crippen LogP contribution is 2.16. The molecule has 3 aromatic rings. The Balaban J connectivity index is 1.41. The molecule has 0 amide bonds. The van der Waals surface area contributed by atoms with Gasteiger partial charge in [0.15, 0.2) is 0 Å². The summed E-state index contributed by atoms with van der Waals surface area (Å²) < 4.78 is 0. The van der Waals surface area contributed by atoms with Crippen molar-refractivity contribution in [2.45, 2.75) is 12.8 Å². The van der Waals surface area contributed by atoms with E-state index >= 15 is 0 Å². The Kier molecular flexibility index (Phi) is 6.79. The van der Waals surface area contributed by atoms with E-state index in [0.29, 0.717) is 0 Å². The Bertz CT molecular complexity index is 911. The Hall–Kier alpha value is -3.60. The molecule has 0 saturated carbocycles. The molecule has 0 saturated heterocycles.